The van der Waals surface area contributed by atoms with Crippen LogP contribution in [0.25, 0.3) is 0 Å². The van der Waals surface area contributed by atoms with Crippen molar-refractivity contribution in [2.45, 2.75) is 19.6 Å². The molecule has 0 aliphatic rings. The number of methoxy groups -OCH3 is 1. The van der Waals surface area contributed by atoms with Crippen molar-refractivity contribution >= 4 is 23.5 Å². The van der Waals surface area contributed by atoms with Crippen molar-refractivity contribution in [3.63, 3.8) is 0 Å². The van der Waals surface area contributed by atoms with Crippen molar-refractivity contribution in [1.82, 2.24) is 4.68 Å². The molecule has 150 valence electrons. The van der Waals surface area contributed by atoms with Crippen LogP contribution in [0.2, 0.25) is 0 Å². The molecule has 0 radical (unpaired) electrons. The Balaban J connectivity index is 1.64. The van der Waals surface area contributed by atoms with Gasteiger partial charge in [0.2, 0.25) is 0 Å². The van der Waals surface area contributed by atoms with E-state index in [1.54, 1.807) is 35.7 Å². The number of rotatable bonds is 8. The number of benzene rings is 2. The molecule has 0 saturated carbocycles. The van der Waals surface area contributed by atoms with Crippen LogP contribution in [-0.4, -0.2) is 29.2 Å². The number of Topliss-reactive ketones (excluding diaryl/α,β-unsaturated/α-hetero) is 1. The first-order chi connectivity index (χ1) is 14.0. The van der Waals surface area contributed by atoms with Crippen LogP contribution in [0.3, 0.4) is 0 Å². The molecule has 3 aromatic rings. The average Bonchev–Trinajstić information content (AvgIpc) is 3.02. The molecule has 0 aliphatic heterocycles. The van der Waals surface area contributed by atoms with E-state index < -0.39 is 0 Å². The van der Waals surface area contributed by atoms with Gasteiger partial charge in [0.05, 0.1) is 12.9 Å². The van der Waals surface area contributed by atoms with Gasteiger partial charge in [0.1, 0.15) is 5.75 Å². The molecule has 0 fully saturated rings. The number of hydrogen-bond acceptors (Lipinski definition) is 4. The molecule has 1 aromatic heterocycles. The SMILES string of the molecule is COc1cccc(CSCC(=O)c2cc(C)n(NC(=O)c3ccccc3)c2C)c1. The van der Waals surface area contributed by atoms with Crippen LogP contribution in [0, 0.1) is 13.8 Å². The molecule has 0 unspecified atom stereocenters. The molecule has 1 heterocycles. The molecule has 0 atom stereocenters. The molecule has 1 amide bonds. The van der Waals surface area contributed by atoms with Crippen molar-refractivity contribution in [2.75, 3.05) is 18.3 Å². The van der Waals surface area contributed by atoms with Crippen LogP contribution in [0.5, 0.6) is 5.75 Å². The van der Waals surface area contributed by atoms with E-state index in [1.807, 2.05) is 62.4 Å². The number of carbonyl (C=O) groups excluding carboxylic acids is 2. The lowest BCUT2D eigenvalue weighted by molar-refractivity contribution is 0.0999. The number of aryl methyl sites for hydroxylation is 1. The summed E-state index contributed by atoms with van der Waals surface area (Å²) < 4.78 is 6.91. The van der Waals surface area contributed by atoms with Gasteiger partial charge in [-0.1, -0.05) is 30.3 Å². The van der Waals surface area contributed by atoms with Gasteiger partial charge in [0.15, 0.2) is 5.78 Å². The number of hydrogen-bond donors (Lipinski definition) is 1. The predicted molar refractivity (Wildman–Crippen MR) is 118 cm³/mol. The lowest BCUT2D eigenvalue weighted by Crippen LogP contribution is -2.25. The third-order valence-electron chi connectivity index (χ3n) is 4.62. The van der Waals surface area contributed by atoms with Crippen molar-refractivity contribution in [3.8, 4) is 5.75 Å². The molecule has 2 aromatic carbocycles. The minimum Gasteiger partial charge on any atom is -0.497 e. The van der Waals surface area contributed by atoms with Crippen molar-refractivity contribution < 1.29 is 14.3 Å². The topological polar surface area (TPSA) is 60.3 Å². The number of aromatic nitrogens is 1. The van der Waals surface area contributed by atoms with Gasteiger partial charge in [-0.05, 0) is 49.7 Å². The maximum atomic E-state index is 12.7. The van der Waals surface area contributed by atoms with Crippen LogP contribution >= 0.6 is 11.8 Å². The first kappa shape index (κ1) is 20.7. The van der Waals surface area contributed by atoms with Gasteiger partial charge >= 0.3 is 0 Å². The summed E-state index contributed by atoms with van der Waals surface area (Å²) in [5.41, 5.74) is 6.74. The van der Waals surface area contributed by atoms with Gasteiger partial charge in [-0.3, -0.25) is 19.7 Å². The molecule has 0 spiro atoms. The van der Waals surface area contributed by atoms with Gasteiger partial charge in [0, 0.05) is 28.3 Å². The number of nitrogens with zero attached hydrogens (tertiary/aromatic N) is 1. The van der Waals surface area contributed by atoms with Gasteiger partial charge < -0.3 is 4.74 Å². The number of ketones is 1. The maximum absolute atomic E-state index is 12.7. The van der Waals surface area contributed by atoms with Crippen LogP contribution in [0.15, 0.2) is 60.7 Å². The highest BCUT2D eigenvalue weighted by Gasteiger charge is 2.17. The summed E-state index contributed by atoms with van der Waals surface area (Å²) in [4.78, 5) is 25.2. The molecule has 0 saturated heterocycles. The number of thioether (sulfide) groups is 1. The number of nitrogens with one attached hydrogen (secondary N) is 1. The van der Waals surface area contributed by atoms with E-state index in [9.17, 15) is 9.59 Å². The molecule has 5 nitrogen and oxygen atoms in total. The maximum Gasteiger partial charge on any atom is 0.270 e. The molecule has 1 N–H and O–H groups in total. The highest BCUT2D eigenvalue weighted by Crippen LogP contribution is 2.21. The highest BCUT2D eigenvalue weighted by atomic mass is 32.2. The van der Waals surface area contributed by atoms with E-state index in [2.05, 4.69) is 5.43 Å². The summed E-state index contributed by atoms with van der Waals surface area (Å²) in [6.45, 7) is 3.72. The Kier molecular flexibility index (Phi) is 6.77. The fourth-order valence-electron chi connectivity index (χ4n) is 3.07. The van der Waals surface area contributed by atoms with Crippen molar-refractivity contribution in [1.29, 1.82) is 0 Å². The summed E-state index contributed by atoms with van der Waals surface area (Å²) in [5.74, 6) is 1.75. The first-order valence-corrected chi connectivity index (χ1v) is 10.4. The minimum absolute atomic E-state index is 0.0474. The van der Waals surface area contributed by atoms with Gasteiger partial charge in [-0.15, -0.1) is 11.8 Å². The molecular weight excluding hydrogens is 384 g/mol. The lowest BCUT2D eigenvalue weighted by Gasteiger charge is -2.11. The number of carbonyl (C=O) groups is 2. The molecule has 0 bridgehead atoms. The van der Waals surface area contributed by atoms with Crippen molar-refractivity contribution in [3.05, 3.63) is 88.7 Å². The normalized spacial score (nSPS) is 10.6. The third-order valence-corrected chi connectivity index (χ3v) is 5.62. The Bertz CT molecular complexity index is 1010. The molecule has 29 heavy (non-hydrogen) atoms. The fraction of sp³-hybridized carbons (Fsp3) is 0.217. The van der Waals surface area contributed by atoms with Crippen LogP contribution in [0.1, 0.15) is 37.7 Å². The highest BCUT2D eigenvalue weighted by molar-refractivity contribution is 7.99. The minimum atomic E-state index is -0.209. The molecule has 6 heteroatoms. The van der Waals surface area contributed by atoms with Crippen molar-refractivity contribution in [2.24, 2.45) is 0 Å². The van der Waals surface area contributed by atoms with Crippen LogP contribution in [-0.2, 0) is 5.75 Å². The van der Waals surface area contributed by atoms with E-state index in [0.29, 0.717) is 16.9 Å². The second-order valence-corrected chi connectivity index (χ2v) is 7.68. The second-order valence-electron chi connectivity index (χ2n) is 6.69. The Hall–Kier alpha value is -2.99. The predicted octanol–water partition coefficient (Wildman–Crippen LogP) is 4.61. The zero-order valence-electron chi connectivity index (χ0n) is 16.8. The summed E-state index contributed by atoms with van der Waals surface area (Å²) in [6, 6.07) is 18.7. The quantitative estimate of drug-likeness (QED) is 0.553. The van der Waals surface area contributed by atoms with Gasteiger partial charge in [-0.2, -0.15) is 0 Å². The van der Waals surface area contributed by atoms with Gasteiger partial charge in [0.25, 0.3) is 5.91 Å². The molecule has 0 aliphatic carbocycles. The van der Waals surface area contributed by atoms with E-state index in [-0.39, 0.29) is 11.7 Å². The fourth-order valence-corrected chi connectivity index (χ4v) is 3.93. The van der Waals surface area contributed by atoms with E-state index in [4.69, 9.17) is 4.74 Å². The zero-order valence-corrected chi connectivity index (χ0v) is 17.6. The van der Waals surface area contributed by atoms with Crippen LogP contribution < -0.4 is 10.2 Å². The largest absolute Gasteiger partial charge is 0.497 e. The lowest BCUT2D eigenvalue weighted by atomic mass is 10.2. The van der Waals surface area contributed by atoms with E-state index >= 15 is 0 Å². The smallest absolute Gasteiger partial charge is 0.270 e. The summed E-state index contributed by atoms with van der Waals surface area (Å²) in [6.07, 6.45) is 0. The van der Waals surface area contributed by atoms with Crippen LogP contribution in [0.4, 0.5) is 0 Å². The summed E-state index contributed by atoms with van der Waals surface area (Å²) >= 11 is 1.56. The van der Waals surface area contributed by atoms with E-state index in [1.165, 1.54) is 0 Å². The Morgan fingerprint density at radius 1 is 1.03 bits per heavy atom. The number of ether oxygens (including phenoxy) is 1. The standard InChI is InChI=1S/C23H24N2O3S/c1-16-12-21(17(2)25(16)24-23(27)19-9-5-4-6-10-19)22(26)15-29-14-18-8-7-11-20(13-18)28-3/h4-13H,14-15H2,1-3H3,(H,24,27). The zero-order chi connectivity index (χ0) is 20.8. The molecular formula is C23H24N2O3S. The van der Waals surface area contributed by atoms with Gasteiger partial charge in [-0.25, -0.2) is 0 Å². The molecule has 3 rings (SSSR count). The summed E-state index contributed by atoms with van der Waals surface area (Å²) in [7, 11) is 1.64. The Morgan fingerprint density at radius 2 is 1.79 bits per heavy atom. The monoisotopic (exact) mass is 408 g/mol. The Labute approximate surface area is 175 Å². The van der Waals surface area contributed by atoms with E-state index in [0.717, 1.165) is 28.5 Å². The third kappa shape index (κ3) is 5.09. The summed E-state index contributed by atoms with van der Waals surface area (Å²) in [5, 5.41) is 0. The first-order valence-electron chi connectivity index (χ1n) is 9.29. The number of amides is 1. The second kappa shape index (κ2) is 9.47. The Morgan fingerprint density at radius 3 is 2.52 bits per heavy atom. The average molecular weight is 409 g/mol.